The van der Waals surface area contributed by atoms with Gasteiger partial charge in [-0.2, -0.15) is 0 Å². The highest BCUT2D eigenvalue weighted by molar-refractivity contribution is 6.35. The van der Waals surface area contributed by atoms with Crippen molar-refractivity contribution in [3.05, 3.63) is 63.3 Å². The number of hydrogen-bond donors (Lipinski definition) is 0. The standard InChI is InChI=1S/C20H17Cl2NO4/c1-3-23(4-2)20(25)26-14-7-8-15-17(11-14)27-18(19(15)24)9-12-5-6-13(21)10-16(12)22/h5-11H,3-4H2,1-2H3/b18-9-. The first-order valence-corrected chi connectivity index (χ1v) is 9.18. The molecule has 7 heteroatoms. The van der Waals surface area contributed by atoms with Crippen molar-refractivity contribution < 1.29 is 19.1 Å². The number of hydrogen-bond acceptors (Lipinski definition) is 4. The Morgan fingerprint density at radius 3 is 2.56 bits per heavy atom. The van der Waals surface area contributed by atoms with Gasteiger partial charge in [-0.15, -0.1) is 0 Å². The van der Waals surface area contributed by atoms with Gasteiger partial charge >= 0.3 is 6.09 Å². The first-order chi connectivity index (χ1) is 12.9. The largest absolute Gasteiger partial charge is 0.452 e. The molecule has 1 heterocycles. The summed E-state index contributed by atoms with van der Waals surface area (Å²) in [6, 6.07) is 9.64. The SMILES string of the molecule is CCN(CC)C(=O)Oc1ccc2c(c1)O/C(=C\c1ccc(Cl)cc1Cl)C2=O. The van der Waals surface area contributed by atoms with Crippen molar-refractivity contribution in [2.24, 2.45) is 0 Å². The molecule has 0 bridgehead atoms. The van der Waals surface area contributed by atoms with E-state index >= 15 is 0 Å². The van der Waals surface area contributed by atoms with Gasteiger partial charge in [0.2, 0.25) is 5.78 Å². The summed E-state index contributed by atoms with van der Waals surface area (Å²) in [4.78, 5) is 26.2. The first kappa shape index (κ1) is 19.3. The van der Waals surface area contributed by atoms with Crippen LogP contribution in [0.4, 0.5) is 4.79 Å². The van der Waals surface area contributed by atoms with Gasteiger partial charge in [0.15, 0.2) is 5.76 Å². The van der Waals surface area contributed by atoms with Crippen LogP contribution < -0.4 is 9.47 Å². The minimum Gasteiger partial charge on any atom is -0.452 e. The minimum atomic E-state index is -0.451. The van der Waals surface area contributed by atoms with E-state index in [1.807, 2.05) is 13.8 Å². The quantitative estimate of drug-likeness (QED) is 0.634. The zero-order valence-corrected chi connectivity index (χ0v) is 16.3. The summed E-state index contributed by atoms with van der Waals surface area (Å²) in [5.74, 6) is 0.518. The zero-order valence-electron chi connectivity index (χ0n) is 14.8. The summed E-state index contributed by atoms with van der Waals surface area (Å²) in [5.41, 5.74) is 1.01. The second kappa shape index (κ2) is 8.03. The van der Waals surface area contributed by atoms with Gasteiger partial charge < -0.3 is 14.4 Å². The molecule has 2 aromatic carbocycles. The fourth-order valence-electron chi connectivity index (χ4n) is 2.64. The molecule has 0 spiro atoms. The van der Waals surface area contributed by atoms with E-state index in [-0.39, 0.29) is 11.5 Å². The number of amides is 1. The van der Waals surface area contributed by atoms with Crippen LogP contribution in [0.3, 0.4) is 0 Å². The molecule has 3 rings (SSSR count). The molecule has 1 amide bonds. The van der Waals surface area contributed by atoms with Crippen LogP contribution in [0, 0.1) is 0 Å². The number of ketones is 1. The van der Waals surface area contributed by atoms with Crippen molar-refractivity contribution in [3.63, 3.8) is 0 Å². The average molecular weight is 406 g/mol. The number of benzene rings is 2. The Kier molecular flexibility index (Phi) is 5.73. The Balaban J connectivity index is 1.83. The van der Waals surface area contributed by atoms with Crippen molar-refractivity contribution in [2.45, 2.75) is 13.8 Å². The van der Waals surface area contributed by atoms with Crippen LogP contribution in [0.1, 0.15) is 29.8 Å². The summed E-state index contributed by atoms with van der Waals surface area (Å²) in [6.07, 6.45) is 1.11. The van der Waals surface area contributed by atoms with E-state index in [9.17, 15) is 9.59 Å². The maximum absolute atomic E-state index is 12.5. The molecule has 2 aromatic rings. The topological polar surface area (TPSA) is 55.8 Å². The molecular formula is C20H17Cl2NO4. The lowest BCUT2D eigenvalue weighted by molar-refractivity contribution is 0.101. The summed E-state index contributed by atoms with van der Waals surface area (Å²) < 4.78 is 11.0. The number of rotatable bonds is 4. The first-order valence-electron chi connectivity index (χ1n) is 8.43. The van der Waals surface area contributed by atoms with Gasteiger partial charge in [0.25, 0.3) is 0 Å². The number of allylic oxidation sites excluding steroid dienone is 1. The zero-order chi connectivity index (χ0) is 19.6. The Hall–Kier alpha value is -2.50. The lowest BCUT2D eigenvalue weighted by Gasteiger charge is -2.17. The average Bonchev–Trinajstić information content (AvgIpc) is 2.93. The molecule has 0 radical (unpaired) electrons. The van der Waals surface area contributed by atoms with E-state index in [1.165, 1.54) is 6.07 Å². The number of carbonyl (C=O) groups is 2. The van der Waals surface area contributed by atoms with E-state index < -0.39 is 6.09 Å². The molecule has 27 heavy (non-hydrogen) atoms. The molecule has 0 aromatic heterocycles. The van der Waals surface area contributed by atoms with Gasteiger partial charge in [-0.25, -0.2) is 4.79 Å². The molecule has 0 fully saturated rings. The van der Waals surface area contributed by atoms with E-state index in [0.717, 1.165) is 0 Å². The molecule has 5 nitrogen and oxygen atoms in total. The Bertz CT molecular complexity index is 936. The maximum Gasteiger partial charge on any atom is 0.415 e. The monoisotopic (exact) mass is 405 g/mol. The van der Waals surface area contributed by atoms with E-state index in [2.05, 4.69) is 0 Å². The second-order valence-electron chi connectivity index (χ2n) is 5.80. The molecule has 0 saturated carbocycles. The van der Waals surface area contributed by atoms with E-state index in [1.54, 1.807) is 41.3 Å². The molecule has 1 aliphatic rings. The van der Waals surface area contributed by atoms with Gasteiger partial charge in [0.1, 0.15) is 11.5 Å². The number of fused-ring (bicyclic) bond motifs is 1. The fourth-order valence-corrected chi connectivity index (χ4v) is 3.10. The highest BCUT2D eigenvalue weighted by Crippen LogP contribution is 2.35. The van der Waals surface area contributed by atoms with E-state index in [0.29, 0.717) is 45.8 Å². The predicted octanol–water partition coefficient (Wildman–Crippen LogP) is 5.45. The van der Waals surface area contributed by atoms with Gasteiger partial charge in [-0.1, -0.05) is 29.3 Å². The van der Waals surface area contributed by atoms with Gasteiger partial charge in [0, 0.05) is 29.2 Å². The summed E-state index contributed by atoms with van der Waals surface area (Å²) in [6.45, 7) is 4.83. The number of ether oxygens (including phenoxy) is 2. The molecule has 0 aliphatic carbocycles. The van der Waals surface area contributed by atoms with Crippen LogP contribution in [0.15, 0.2) is 42.2 Å². The number of halogens is 2. The number of carbonyl (C=O) groups excluding carboxylic acids is 2. The normalized spacial score (nSPS) is 14.1. The van der Waals surface area contributed by atoms with Crippen LogP contribution in [0.25, 0.3) is 6.08 Å². The molecule has 0 N–H and O–H groups in total. The second-order valence-corrected chi connectivity index (χ2v) is 6.65. The number of Topliss-reactive ketones (excluding diaryl/α,β-unsaturated/α-hetero) is 1. The third kappa shape index (κ3) is 4.10. The van der Waals surface area contributed by atoms with Crippen LogP contribution in [-0.2, 0) is 0 Å². The third-order valence-corrected chi connectivity index (χ3v) is 4.68. The Morgan fingerprint density at radius 1 is 1.15 bits per heavy atom. The molecule has 0 saturated heterocycles. The van der Waals surface area contributed by atoms with Crippen molar-refractivity contribution in [1.82, 2.24) is 4.90 Å². The van der Waals surface area contributed by atoms with Crippen LogP contribution >= 0.6 is 23.2 Å². The van der Waals surface area contributed by atoms with Gasteiger partial charge in [0.05, 0.1) is 5.56 Å². The molecule has 0 atom stereocenters. The summed E-state index contributed by atoms with van der Waals surface area (Å²) in [5, 5.41) is 0.917. The highest BCUT2D eigenvalue weighted by Gasteiger charge is 2.28. The molecule has 140 valence electrons. The molecule has 1 aliphatic heterocycles. The highest BCUT2D eigenvalue weighted by atomic mass is 35.5. The Labute approximate surface area is 167 Å². The lowest BCUT2D eigenvalue weighted by atomic mass is 10.1. The van der Waals surface area contributed by atoms with Crippen molar-refractivity contribution >= 4 is 41.2 Å². The minimum absolute atomic E-state index is 0.140. The summed E-state index contributed by atoms with van der Waals surface area (Å²) >= 11 is 12.0. The van der Waals surface area contributed by atoms with Crippen molar-refractivity contribution in [3.8, 4) is 11.5 Å². The third-order valence-electron chi connectivity index (χ3n) is 4.12. The number of nitrogens with zero attached hydrogens (tertiary/aromatic N) is 1. The van der Waals surface area contributed by atoms with Gasteiger partial charge in [-0.05, 0) is 49.8 Å². The molecule has 0 unspecified atom stereocenters. The smallest absolute Gasteiger partial charge is 0.415 e. The fraction of sp³-hybridized carbons (Fsp3) is 0.200. The maximum atomic E-state index is 12.5. The Morgan fingerprint density at radius 2 is 1.89 bits per heavy atom. The summed E-state index contributed by atoms with van der Waals surface area (Å²) in [7, 11) is 0. The van der Waals surface area contributed by atoms with Crippen LogP contribution in [-0.4, -0.2) is 29.9 Å². The lowest BCUT2D eigenvalue weighted by Crippen LogP contribution is -2.33. The van der Waals surface area contributed by atoms with Gasteiger partial charge in [-0.3, -0.25) is 4.79 Å². The van der Waals surface area contributed by atoms with Crippen LogP contribution in [0.2, 0.25) is 10.0 Å². The van der Waals surface area contributed by atoms with Crippen molar-refractivity contribution in [1.29, 1.82) is 0 Å². The van der Waals surface area contributed by atoms with Crippen molar-refractivity contribution in [2.75, 3.05) is 13.1 Å². The van der Waals surface area contributed by atoms with Crippen LogP contribution in [0.5, 0.6) is 11.5 Å². The molecular weight excluding hydrogens is 389 g/mol. The van der Waals surface area contributed by atoms with E-state index in [4.69, 9.17) is 32.7 Å². The predicted molar refractivity (Wildman–Crippen MR) is 105 cm³/mol.